The SMILES string of the molecule is Cl.Cl.O=C(NC1CCNCC1)c1cnc(OC2CCN(c3ccc(C(F)(F)F)cc3)CC2)cn1. The van der Waals surface area contributed by atoms with Crippen LogP contribution in [0.1, 0.15) is 41.7 Å². The van der Waals surface area contributed by atoms with Crippen molar-refractivity contribution in [1.82, 2.24) is 20.6 Å². The molecule has 2 fully saturated rings. The van der Waals surface area contributed by atoms with Gasteiger partial charge in [-0.3, -0.25) is 4.79 Å². The van der Waals surface area contributed by atoms with Crippen molar-refractivity contribution in [2.45, 2.75) is 44.0 Å². The van der Waals surface area contributed by atoms with E-state index >= 15 is 0 Å². The maximum absolute atomic E-state index is 12.7. The number of halogens is 5. The zero-order chi connectivity index (χ0) is 22.6. The van der Waals surface area contributed by atoms with E-state index in [0.717, 1.165) is 43.8 Å². The molecule has 2 aliphatic rings. The topological polar surface area (TPSA) is 79.4 Å². The van der Waals surface area contributed by atoms with E-state index in [2.05, 4.69) is 20.6 Å². The minimum absolute atomic E-state index is 0. The van der Waals surface area contributed by atoms with Gasteiger partial charge in [0.15, 0.2) is 0 Å². The molecule has 12 heteroatoms. The third-order valence-corrected chi connectivity index (χ3v) is 5.82. The zero-order valence-corrected chi connectivity index (χ0v) is 20.0. The molecule has 0 unspecified atom stereocenters. The zero-order valence-electron chi connectivity index (χ0n) is 18.4. The van der Waals surface area contributed by atoms with E-state index in [-0.39, 0.29) is 48.6 Å². The van der Waals surface area contributed by atoms with Crippen molar-refractivity contribution >= 4 is 36.4 Å². The fraction of sp³-hybridized carbons (Fsp3) is 0.500. The Kier molecular flexibility index (Phi) is 10.2. The van der Waals surface area contributed by atoms with Gasteiger partial charge in [-0.1, -0.05) is 0 Å². The van der Waals surface area contributed by atoms with E-state index in [1.807, 2.05) is 4.90 Å². The quantitative estimate of drug-likeness (QED) is 0.621. The summed E-state index contributed by atoms with van der Waals surface area (Å²) in [6, 6.07) is 5.37. The van der Waals surface area contributed by atoms with Crippen LogP contribution >= 0.6 is 24.8 Å². The number of amides is 1. The molecule has 0 bridgehead atoms. The molecule has 0 aliphatic carbocycles. The summed E-state index contributed by atoms with van der Waals surface area (Å²) in [5.41, 5.74) is 0.374. The standard InChI is InChI=1S/C22H26F3N5O2.2ClH/c23-22(24,25)15-1-3-17(4-2-15)30-11-7-18(8-12-30)32-20-14-27-19(13-28-20)21(31)29-16-5-9-26-10-6-16;;/h1-4,13-14,16,18,26H,5-12H2,(H,29,31);2*1H. The number of anilines is 1. The Morgan fingerprint density at radius 1 is 1.00 bits per heavy atom. The molecule has 34 heavy (non-hydrogen) atoms. The fourth-order valence-electron chi connectivity index (χ4n) is 3.98. The molecule has 2 aliphatic heterocycles. The molecular formula is C22H28Cl2F3N5O2. The van der Waals surface area contributed by atoms with Crippen molar-refractivity contribution in [2.24, 2.45) is 0 Å². The predicted octanol–water partition coefficient (Wildman–Crippen LogP) is 3.87. The monoisotopic (exact) mass is 521 g/mol. The van der Waals surface area contributed by atoms with Crippen LogP contribution in [0, 0.1) is 0 Å². The van der Waals surface area contributed by atoms with Crippen molar-refractivity contribution in [1.29, 1.82) is 0 Å². The second kappa shape index (κ2) is 12.4. The van der Waals surface area contributed by atoms with Gasteiger partial charge >= 0.3 is 6.18 Å². The van der Waals surface area contributed by atoms with Gasteiger partial charge in [0, 0.05) is 37.7 Å². The lowest BCUT2D eigenvalue weighted by atomic mass is 10.1. The van der Waals surface area contributed by atoms with Gasteiger partial charge in [0.1, 0.15) is 11.8 Å². The molecule has 2 saturated heterocycles. The van der Waals surface area contributed by atoms with Crippen molar-refractivity contribution in [2.75, 3.05) is 31.1 Å². The summed E-state index contributed by atoms with van der Waals surface area (Å²) in [5, 5.41) is 6.23. The molecule has 0 radical (unpaired) electrons. The third kappa shape index (κ3) is 7.35. The average Bonchev–Trinajstić information content (AvgIpc) is 2.80. The highest BCUT2D eigenvalue weighted by Gasteiger charge is 2.30. The molecule has 1 amide bonds. The molecule has 0 spiro atoms. The molecule has 2 N–H and O–H groups in total. The molecule has 0 atom stereocenters. The van der Waals surface area contributed by atoms with Crippen LogP contribution in [0.25, 0.3) is 0 Å². The summed E-state index contributed by atoms with van der Waals surface area (Å²) >= 11 is 0. The molecule has 1 aromatic heterocycles. The molecule has 1 aromatic carbocycles. The van der Waals surface area contributed by atoms with Gasteiger partial charge in [0.25, 0.3) is 5.91 Å². The van der Waals surface area contributed by atoms with E-state index in [0.29, 0.717) is 31.8 Å². The Bertz CT molecular complexity index is 902. The Balaban J connectivity index is 0.00000204. The normalized spacial score (nSPS) is 17.3. The minimum atomic E-state index is -4.33. The predicted molar refractivity (Wildman–Crippen MR) is 127 cm³/mol. The van der Waals surface area contributed by atoms with Gasteiger partial charge in [-0.15, -0.1) is 24.8 Å². The highest BCUT2D eigenvalue weighted by atomic mass is 35.5. The molecule has 0 saturated carbocycles. The van der Waals surface area contributed by atoms with Gasteiger partial charge < -0.3 is 20.3 Å². The maximum Gasteiger partial charge on any atom is 0.416 e. The van der Waals surface area contributed by atoms with E-state index in [4.69, 9.17) is 4.74 Å². The first-order valence-electron chi connectivity index (χ1n) is 10.8. The summed E-state index contributed by atoms with van der Waals surface area (Å²) in [4.78, 5) is 22.8. The number of piperidine rings is 2. The highest BCUT2D eigenvalue weighted by Crippen LogP contribution is 2.31. The largest absolute Gasteiger partial charge is 0.473 e. The van der Waals surface area contributed by atoms with Crippen molar-refractivity contribution in [3.63, 3.8) is 0 Å². The second-order valence-corrected chi connectivity index (χ2v) is 8.09. The third-order valence-electron chi connectivity index (χ3n) is 5.82. The number of nitrogens with zero attached hydrogens (tertiary/aromatic N) is 3. The Labute approximate surface area is 208 Å². The number of aromatic nitrogens is 2. The first-order chi connectivity index (χ1) is 15.4. The van der Waals surface area contributed by atoms with Crippen LogP contribution < -0.4 is 20.3 Å². The number of carbonyl (C=O) groups excluding carboxylic acids is 1. The minimum Gasteiger partial charge on any atom is -0.473 e. The van der Waals surface area contributed by atoms with Crippen molar-refractivity contribution < 1.29 is 22.7 Å². The number of carbonyl (C=O) groups is 1. The van der Waals surface area contributed by atoms with Crippen molar-refractivity contribution in [3.8, 4) is 5.88 Å². The molecule has 7 nitrogen and oxygen atoms in total. The van der Waals surface area contributed by atoms with Crippen LogP contribution in [0.4, 0.5) is 18.9 Å². The number of rotatable bonds is 5. The fourth-order valence-corrected chi connectivity index (χ4v) is 3.98. The van der Waals surface area contributed by atoms with Crippen LogP contribution in [-0.4, -0.2) is 54.2 Å². The smallest absolute Gasteiger partial charge is 0.416 e. The lowest BCUT2D eigenvalue weighted by Crippen LogP contribution is -2.43. The van der Waals surface area contributed by atoms with Gasteiger partial charge in [0.05, 0.1) is 18.0 Å². The van der Waals surface area contributed by atoms with E-state index in [1.54, 1.807) is 0 Å². The maximum atomic E-state index is 12.7. The van der Waals surface area contributed by atoms with E-state index in [1.165, 1.54) is 24.5 Å². The van der Waals surface area contributed by atoms with Crippen molar-refractivity contribution in [3.05, 3.63) is 47.9 Å². The summed E-state index contributed by atoms with van der Waals surface area (Å²) in [6.45, 7) is 3.11. The second-order valence-electron chi connectivity index (χ2n) is 8.09. The summed E-state index contributed by atoms with van der Waals surface area (Å²) < 4.78 is 44.1. The van der Waals surface area contributed by atoms with Crippen LogP contribution in [-0.2, 0) is 6.18 Å². The number of nitrogens with one attached hydrogen (secondary N) is 2. The van der Waals surface area contributed by atoms with E-state index in [9.17, 15) is 18.0 Å². The highest BCUT2D eigenvalue weighted by molar-refractivity contribution is 5.92. The Morgan fingerprint density at radius 3 is 2.21 bits per heavy atom. The first-order valence-corrected chi connectivity index (χ1v) is 10.8. The molecule has 4 rings (SSSR count). The van der Waals surface area contributed by atoms with Crippen LogP contribution in [0.2, 0.25) is 0 Å². The number of alkyl halides is 3. The van der Waals surface area contributed by atoms with Crippen LogP contribution in [0.5, 0.6) is 5.88 Å². The number of ether oxygens (including phenoxy) is 1. The Morgan fingerprint density at radius 2 is 1.65 bits per heavy atom. The van der Waals surface area contributed by atoms with E-state index < -0.39 is 11.7 Å². The number of hydrogen-bond acceptors (Lipinski definition) is 6. The Hall–Kier alpha value is -2.30. The van der Waals surface area contributed by atoms with Crippen LogP contribution in [0.3, 0.4) is 0 Å². The summed E-state index contributed by atoms with van der Waals surface area (Å²) in [6.07, 6.45) is 1.69. The first kappa shape index (κ1) is 27.9. The van der Waals surface area contributed by atoms with Crippen LogP contribution in [0.15, 0.2) is 36.7 Å². The lowest BCUT2D eigenvalue weighted by molar-refractivity contribution is -0.137. The number of benzene rings is 1. The van der Waals surface area contributed by atoms with Gasteiger partial charge in [0.2, 0.25) is 5.88 Å². The average molecular weight is 522 g/mol. The molecule has 2 aromatic rings. The van der Waals surface area contributed by atoms with Gasteiger partial charge in [-0.05, 0) is 50.2 Å². The van der Waals surface area contributed by atoms with Gasteiger partial charge in [-0.2, -0.15) is 13.2 Å². The summed E-state index contributed by atoms with van der Waals surface area (Å²) in [7, 11) is 0. The molecular weight excluding hydrogens is 494 g/mol. The summed E-state index contributed by atoms with van der Waals surface area (Å²) in [5.74, 6) is 0.122. The number of hydrogen-bond donors (Lipinski definition) is 2. The van der Waals surface area contributed by atoms with Gasteiger partial charge in [-0.25, -0.2) is 9.97 Å². The molecule has 3 heterocycles. The molecule has 188 valence electrons. The lowest BCUT2D eigenvalue weighted by Gasteiger charge is -2.33.